The molecule has 0 fully saturated rings. The van der Waals surface area contributed by atoms with Gasteiger partial charge in [0, 0.05) is 32.9 Å². The van der Waals surface area contributed by atoms with E-state index in [1.54, 1.807) is 11.2 Å². The summed E-state index contributed by atoms with van der Waals surface area (Å²) >= 11 is 0. The van der Waals surface area contributed by atoms with Gasteiger partial charge in [-0.15, -0.1) is 0 Å². The van der Waals surface area contributed by atoms with Crippen molar-refractivity contribution in [3.05, 3.63) is 42.0 Å². The minimum absolute atomic E-state index is 0.233. The van der Waals surface area contributed by atoms with E-state index in [2.05, 4.69) is 10.3 Å². The monoisotopic (exact) mass is 402 g/mol. The number of rotatable bonds is 8. The van der Waals surface area contributed by atoms with Crippen LogP contribution < -0.4 is 14.8 Å². The summed E-state index contributed by atoms with van der Waals surface area (Å²) in [6.45, 7) is 8.36. The van der Waals surface area contributed by atoms with E-state index in [9.17, 15) is 4.79 Å². The van der Waals surface area contributed by atoms with E-state index in [-0.39, 0.29) is 12.9 Å². The topological polar surface area (TPSA) is 77.9 Å². The summed E-state index contributed by atoms with van der Waals surface area (Å²) in [6.07, 6.45) is 4.25. The standard InChI is InChI=1S/C21H30N4O4/c1-21(2,3)29-20(26)25(9-5-8-22-11-17-13-24(4)14-23-17)12-16-6-7-18-19(10-16)28-15-27-18/h6-7,10,13-14,22H,5,8-9,11-12,15H2,1-4H3. The molecule has 0 bridgehead atoms. The van der Waals surface area contributed by atoms with E-state index in [0.717, 1.165) is 30.0 Å². The largest absolute Gasteiger partial charge is 0.454 e. The summed E-state index contributed by atoms with van der Waals surface area (Å²) < 4.78 is 18.3. The summed E-state index contributed by atoms with van der Waals surface area (Å²) in [5.41, 5.74) is 1.43. The zero-order valence-corrected chi connectivity index (χ0v) is 17.6. The average molecular weight is 402 g/mol. The molecule has 158 valence electrons. The van der Waals surface area contributed by atoms with E-state index >= 15 is 0 Å². The lowest BCUT2D eigenvalue weighted by Gasteiger charge is -2.27. The van der Waals surface area contributed by atoms with Crippen LogP contribution in [0.5, 0.6) is 11.5 Å². The van der Waals surface area contributed by atoms with Crippen molar-refractivity contribution in [3.63, 3.8) is 0 Å². The van der Waals surface area contributed by atoms with Gasteiger partial charge < -0.3 is 29.0 Å². The van der Waals surface area contributed by atoms with E-state index in [1.165, 1.54) is 0 Å². The Morgan fingerprint density at radius 2 is 2.10 bits per heavy atom. The second-order valence-corrected chi connectivity index (χ2v) is 8.15. The number of imidazole rings is 1. The number of amides is 1. The molecule has 0 saturated carbocycles. The van der Waals surface area contributed by atoms with Crippen molar-refractivity contribution >= 4 is 6.09 Å². The molecule has 0 aliphatic carbocycles. The average Bonchev–Trinajstić information content (AvgIpc) is 3.27. The smallest absolute Gasteiger partial charge is 0.410 e. The van der Waals surface area contributed by atoms with Gasteiger partial charge >= 0.3 is 6.09 Å². The Balaban J connectivity index is 1.54. The van der Waals surface area contributed by atoms with Crippen LogP contribution in [0.25, 0.3) is 0 Å². The maximum absolute atomic E-state index is 12.7. The molecular weight excluding hydrogens is 372 g/mol. The molecule has 1 aromatic carbocycles. The summed E-state index contributed by atoms with van der Waals surface area (Å²) in [7, 11) is 1.95. The lowest BCUT2D eigenvalue weighted by atomic mass is 10.2. The van der Waals surface area contributed by atoms with Gasteiger partial charge in [0.25, 0.3) is 0 Å². The van der Waals surface area contributed by atoms with Gasteiger partial charge in [-0.1, -0.05) is 6.07 Å². The fraction of sp³-hybridized carbons (Fsp3) is 0.524. The lowest BCUT2D eigenvalue weighted by Crippen LogP contribution is -2.37. The molecule has 1 aliphatic rings. The van der Waals surface area contributed by atoms with Gasteiger partial charge in [0.1, 0.15) is 5.60 Å². The maximum Gasteiger partial charge on any atom is 0.410 e. The summed E-state index contributed by atoms with van der Waals surface area (Å²) in [5.74, 6) is 1.44. The zero-order chi connectivity index (χ0) is 20.9. The number of nitrogens with zero attached hydrogens (tertiary/aromatic N) is 3. The van der Waals surface area contributed by atoms with Crippen LogP contribution in [0.1, 0.15) is 38.4 Å². The Bertz CT molecular complexity index is 828. The van der Waals surface area contributed by atoms with E-state index in [1.807, 2.05) is 56.8 Å². The molecule has 0 saturated heterocycles. The number of ether oxygens (including phenoxy) is 3. The van der Waals surface area contributed by atoms with Crippen LogP contribution in [0.3, 0.4) is 0 Å². The molecule has 2 heterocycles. The van der Waals surface area contributed by atoms with Crippen molar-refractivity contribution in [3.8, 4) is 11.5 Å². The first-order valence-corrected chi connectivity index (χ1v) is 9.84. The summed E-state index contributed by atoms with van der Waals surface area (Å²) in [5, 5.41) is 3.36. The highest BCUT2D eigenvalue weighted by molar-refractivity contribution is 5.68. The first-order chi connectivity index (χ1) is 13.8. The van der Waals surface area contributed by atoms with Crippen LogP contribution in [-0.2, 0) is 24.9 Å². The highest BCUT2D eigenvalue weighted by atomic mass is 16.7. The molecule has 0 atom stereocenters. The number of aryl methyl sites for hydroxylation is 1. The zero-order valence-electron chi connectivity index (χ0n) is 17.6. The van der Waals surface area contributed by atoms with Gasteiger partial charge in [-0.05, 0) is 51.4 Å². The molecule has 0 unspecified atom stereocenters. The third kappa shape index (κ3) is 6.39. The molecular formula is C21H30N4O4. The molecule has 1 amide bonds. The molecule has 1 aromatic heterocycles. The number of hydrogen-bond acceptors (Lipinski definition) is 6. The van der Waals surface area contributed by atoms with Gasteiger partial charge in [0.05, 0.1) is 12.0 Å². The summed E-state index contributed by atoms with van der Waals surface area (Å²) in [6, 6.07) is 5.74. The van der Waals surface area contributed by atoms with E-state index < -0.39 is 5.60 Å². The van der Waals surface area contributed by atoms with Gasteiger partial charge in [-0.2, -0.15) is 0 Å². The number of hydrogen-bond donors (Lipinski definition) is 1. The number of fused-ring (bicyclic) bond motifs is 1. The molecule has 3 rings (SSSR count). The fourth-order valence-electron chi connectivity index (χ4n) is 2.99. The Morgan fingerprint density at radius 3 is 2.83 bits per heavy atom. The quantitative estimate of drug-likeness (QED) is 0.684. The Morgan fingerprint density at radius 1 is 1.31 bits per heavy atom. The number of nitrogens with one attached hydrogen (secondary N) is 1. The van der Waals surface area contributed by atoms with Gasteiger partial charge in [-0.25, -0.2) is 9.78 Å². The normalized spacial score (nSPS) is 12.8. The molecule has 8 heteroatoms. The fourth-order valence-corrected chi connectivity index (χ4v) is 2.99. The molecule has 0 radical (unpaired) electrons. The Kier molecular flexibility index (Phi) is 6.64. The minimum Gasteiger partial charge on any atom is -0.454 e. The molecule has 0 spiro atoms. The van der Waals surface area contributed by atoms with Crippen LogP contribution >= 0.6 is 0 Å². The highest BCUT2D eigenvalue weighted by Crippen LogP contribution is 2.32. The third-order valence-electron chi connectivity index (χ3n) is 4.31. The predicted molar refractivity (Wildman–Crippen MR) is 109 cm³/mol. The van der Waals surface area contributed by atoms with Gasteiger partial charge in [0.2, 0.25) is 6.79 Å². The predicted octanol–water partition coefficient (Wildman–Crippen LogP) is 3.07. The third-order valence-corrected chi connectivity index (χ3v) is 4.31. The van der Waals surface area contributed by atoms with Crippen LogP contribution in [-0.4, -0.2) is 46.0 Å². The van der Waals surface area contributed by atoms with Gasteiger partial charge in [-0.3, -0.25) is 0 Å². The minimum atomic E-state index is -0.540. The molecule has 1 aliphatic heterocycles. The summed E-state index contributed by atoms with van der Waals surface area (Å²) in [4.78, 5) is 18.7. The number of carbonyl (C=O) groups excluding carboxylic acids is 1. The van der Waals surface area contributed by atoms with Crippen LogP contribution in [0.15, 0.2) is 30.7 Å². The number of carbonyl (C=O) groups is 1. The first kappa shape index (κ1) is 21.0. The van der Waals surface area contributed by atoms with Gasteiger partial charge in [0.15, 0.2) is 11.5 Å². The van der Waals surface area contributed by atoms with Crippen LogP contribution in [0.2, 0.25) is 0 Å². The van der Waals surface area contributed by atoms with Crippen molar-refractivity contribution in [1.82, 2.24) is 19.8 Å². The highest BCUT2D eigenvalue weighted by Gasteiger charge is 2.23. The Hall–Kier alpha value is -2.74. The first-order valence-electron chi connectivity index (χ1n) is 9.84. The van der Waals surface area contributed by atoms with Crippen molar-refractivity contribution in [2.45, 2.75) is 45.9 Å². The molecule has 29 heavy (non-hydrogen) atoms. The number of benzene rings is 1. The van der Waals surface area contributed by atoms with Crippen LogP contribution in [0.4, 0.5) is 4.79 Å². The number of aromatic nitrogens is 2. The molecule has 2 aromatic rings. The second kappa shape index (κ2) is 9.17. The maximum atomic E-state index is 12.7. The van der Waals surface area contributed by atoms with Crippen molar-refractivity contribution in [2.75, 3.05) is 19.9 Å². The molecule has 8 nitrogen and oxygen atoms in total. The van der Waals surface area contributed by atoms with Crippen LogP contribution in [0, 0.1) is 0 Å². The van der Waals surface area contributed by atoms with Crippen molar-refractivity contribution in [2.24, 2.45) is 7.05 Å². The lowest BCUT2D eigenvalue weighted by molar-refractivity contribution is 0.0231. The SMILES string of the molecule is Cn1cnc(CNCCCN(Cc2ccc3c(c2)OCO3)C(=O)OC(C)(C)C)c1. The van der Waals surface area contributed by atoms with E-state index in [4.69, 9.17) is 14.2 Å². The molecule has 1 N–H and O–H groups in total. The van der Waals surface area contributed by atoms with Crippen molar-refractivity contribution in [1.29, 1.82) is 0 Å². The second-order valence-electron chi connectivity index (χ2n) is 8.15. The van der Waals surface area contributed by atoms with E-state index in [0.29, 0.717) is 25.4 Å². The van der Waals surface area contributed by atoms with Crippen molar-refractivity contribution < 1.29 is 19.0 Å². The Labute approximate surface area is 171 Å².